The molecule has 204 valence electrons. The Morgan fingerprint density at radius 1 is 0.950 bits per heavy atom. The third-order valence-corrected chi connectivity index (χ3v) is 7.64. The summed E-state index contributed by atoms with van der Waals surface area (Å²) in [6.45, 7) is 0. The number of ether oxygens (including phenoxy) is 2. The first-order valence-electron chi connectivity index (χ1n) is 12.6. The molecular formula is C31H26ClFN2O5. The molecule has 0 aromatic heterocycles. The Morgan fingerprint density at radius 3 is 2.27 bits per heavy atom. The van der Waals surface area contributed by atoms with Crippen molar-refractivity contribution in [1.29, 1.82) is 0 Å². The van der Waals surface area contributed by atoms with Crippen LogP contribution >= 0.6 is 11.6 Å². The highest BCUT2D eigenvalue weighted by Gasteiger charge is 2.51. The summed E-state index contributed by atoms with van der Waals surface area (Å²) in [6, 6.07) is 21.7. The van der Waals surface area contributed by atoms with E-state index in [1.807, 2.05) is 30.3 Å². The fourth-order valence-electron chi connectivity index (χ4n) is 5.68. The molecule has 2 aliphatic rings. The topological polar surface area (TPSA) is 98.9 Å². The molecule has 0 saturated carbocycles. The van der Waals surface area contributed by atoms with Gasteiger partial charge in [-0.3, -0.25) is 14.5 Å². The lowest BCUT2D eigenvalue weighted by molar-refractivity contribution is -0.150. The van der Waals surface area contributed by atoms with E-state index in [0.717, 1.165) is 5.56 Å². The summed E-state index contributed by atoms with van der Waals surface area (Å²) in [5.41, 5.74) is 8.40. The second kappa shape index (κ2) is 11.0. The Kier molecular flexibility index (Phi) is 7.45. The molecule has 0 radical (unpaired) electrons. The number of hydrogen-bond donors (Lipinski definition) is 1. The van der Waals surface area contributed by atoms with Crippen molar-refractivity contribution in [3.63, 3.8) is 0 Å². The lowest BCUT2D eigenvalue weighted by Crippen LogP contribution is -2.46. The molecular weight excluding hydrogens is 535 g/mol. The van der Waals surface area contributed by atoms with Crippen LogP contribution in [0.4, 0.5) is 10.1 Å². The Morgan fingerprint density at radius 2 is 1.62 bits per heavy atom. The van der Waals surface area contributed by atoms with Crippen molar-refractivity contribution in [3.05, 3.63) is 123 Å². The predicted octanol–water partition coefficient (Wildman–Crippen LogP) is 5.23. The van der Waals surface area contributed by atoms with Crippen LogP contribution in [0.1, 0.15) is 29.4 Å². The highest BCUT2D eigenvalue weighted by atomic mass is 35.5. The van der Waals surface area contributed by atoms with E-state index >= 15 is 4.39 Å². The highest BCUT2D eigenvalue weighted by Crippen LogP contribution is 2.51. The maximum atomic E-state index is 15.3. The van der Waals surface area contributed by atoms with E-state index in [-0.39, 0.29) is 29.1 Å². The normalized spacial score (nSPS) is 20.8. The van der Waals surface area contributed by atoms with Crippen LogP contribution in [-0.2, 0) is 23.9 Å². The van der Waals surface area contributed by atoms with Crippen LogP contribution in [-0.4, -0.2) is 31.9 Å². The molecule has 40 heavy (non-hydrogen) atoms. The quantitative estimate of drug-likeness (QED) is 0.337. The molecule has 3 atom stereocenters. The number of esters is 2. The number of carbonyl (C=O) groups excluding carboxylic acids is 3. The van der Waals surface area contributed by atoms with E-state index in [1.165, 1.54) is 37.3 Å². The predicted molar refractivity (Wildman–Crippen MR) is 148 cm³/mol. The van der Waals surface area contributed by atoms with Gasteiger partial charge in [0.1, 0.15) is 17.6 Å². The van der Waals surface area contributed by atoms with Crippen LogP contribution in [0.5, 0.6) is 0 Å². The molecule has 0 amide bonds. The van der Waals surface area contributed by atoms with Gasteiger partial charge in [-0.2, -0.15) is 0 Å². The van der Waals surface area contributed by atoms with Gasteiger partial charge >= 0.3 is 11.9 Å². The summed E-state index contributed by atoms with van der Waals surface area (Å²) in [7, 11) is 2.42. The fraction of sp³-hybridized carbons (Fsp3) is 0.194. The van der Waals surface area contributed by atoms with Gasteiger partial charge in [0, 0.05) is 22.2 Å². The van der Waals surface area contributed by atoms with Crippen molar-refractivity contribution >= 4 is 35.0 Å². The van der Waals surface area contributed by atoms with Crippen molar-refractivity contribution in [2.45, 2.75) is 18.3 Å². The molecule has 2 N–H and O–H groups in total. The summed E-state index contributed by atoms with van der Waals surface area (Å²) in [6.07, 6.45) is 0.130. The molecule has 0 unspecified atom stereocenters. The van der Waals surface area contributed by atoms with Crippen LogP contribution in [0.15, 0.2) is 102 Å². The second-order valence-electron chi connectivity index (χ2n) is 9.51. The molecule has 0 bridgehead atoms. The Hall–Kier alpha value is -4.43. The van der Waals surface area contributed by atoms with Crippen molar-refractivity contribution in [2.24, 2.45) is 11.7 Å². The highest BCUT2D eigenvalue weighted by molar-refractivity contribution is 6.30. The van der Waals surface area contributed by atoms with Crippen molar-refractivity contribution in [2.75, 3.05) is 19.1 Å². The first-order valence-corrected chi connectivity index (χ1v) is 12.9. The number of methoxy groups -OCH3 is 2. The third-order valence-electron chi connectivity index (χ3n) is 7.40. The van der Waals surface area contributed by atoms with Gasteiger partial charge in [0.25, 0.3) is 0 Å². The minimum atomic E-state index is -1.21. The van der Waals surface area contributed by atoms with Crippen molar-refractivity contribution in [3.8, 4) is 0 Å². The molecule has 0 spiro atoms. The van der Waals surface area contributed by atoms with Gasteiger partial charge in [0.15, 0.2) is 5.78 Å². The number of anilines is 1. The van der Waals surface area contributed by atoms with Gasteiger partial charge in [-0.15, -0.1) is 0 Å². The number of Topliss-reactive ketones (excluding diaryl/α,β-unsaturated/α-hetero) is 1. The number of nitrogens with zero attached hydrogens (tertiary/aromatic N) is 1. The largest absolute Gasteiger partial charge is 0.468 e. The van der Waals surface area contributed by atoms with Gasteiger partial charge in [-0.1, -0.05) is 66.2 Å². The smallest absolute Gasteiger partial charge is 0.338 e. The van der Waals surface area contributed by atoms with Crippen LogP contribution in [0.2, 0.25) is 5.02 Å². The standard InChI is InChI=1S/C31H26ClFN2O5/c1-39-30(37)25-20(17-9-4-3-5-10-17)16-23-26(28(25)36)24(18-11-8-12-19(32)15-18)27(31(38)40-2)29(34)35(23)22-14-7-6-13-21(22)33/h3-15,20,24-25H,16,34H2,1-2H3/t20-,24-,25-/m0/s1. The lowest BCUT2D eigenvalue weighted by Gasteiger charge is -2.44. The SMILES string of the molecule is COC(=O)C1=C(N)N(c2ccccc2F)C2=C(C(=O)[C@@H](C(=O)OC)[C@H](c3ccccc3)C2)[C@@H]1c1cccc(Cl)c1. The zero-order valence-corrected chi connectivity index (χ0v) is 22.5. The van der Waals surface area contributed by atoms with Crippen LogP contribution in [0.3, 0.4) is 0 Å². The van der Waals surface area contributed by atoms with Crippen molar-refractivity contribution < 1.29 is 28.2 Å². The van der Waals surface area contributed by atoms with Gasteiger partial charge in [0.2, 0.25) is 0 Å². The Labute approximate surface area is 235 Å². The molecule has 3 aromatic rings. The minimum absolute atomic E-state index is 0.0505. The molecule has 7 nitrogen and oxygen atoms in total. The summed E-state index contributed by atoms with van der Waals surface area (Å²) in [5.74, 6) is -5.64. The number of rotatable bonds is 5. The van der Waals surface area contributed by atoms with E-state index in [9.17, 15) is 14.4 Å². The van der Waals surface area contributed by atoms with Crippen LogP contribution < -0.4 is 10.6 Å². The monoisotopic (exact) mass is 560 g/mol. The van der Waals surface area contributed by atoms with Gasteiger partial charge < -0.3 is 15.2 Å². The number of halogens is 2. The Balaban J connectivity index is 1.85. The number of allylic oxidation sites excluding steroid dienone is 2. The second-order valence-corrected chi connectivity index (χ2v) is 9.95. The fourth-order valence-corrected chi connectivity index (χ4v) is 5.87. The number of hydrogen-bond acceptors (Lipinski definition) is 7. The molecule has 0 saturated heterocycles. The van der Waals surface area contributed by atoms with Gasteiger partial charge in [0.05, 0.1) is 31.4 Å². The lowest BCUT2D eigenvalue weighted by atomic mass is 9.67. The average molecular weight is 561 g/mol. The number of benzene rings is 3. The molecule has 3 aromatic carbocycles. The zero-order valence-electron chi connectivity index (χ0n) is 21.8. The first-order chi connectivity index (χ1) is 19.3. The molecule has 9 heteroatoms. The van der Waals surface area contributed by atoms with Crippen LogP contribution in [0.25, 0.3) is 0 Å². The average Bonchev–Trinajstić information content (AvgIpc) is 2.96. The van der Waals surface area contributed by atoms with E-state index in [2.05, 4.69) is 0 Å². The Bertz CT molecular complexity index is 1570. The van der Waals surface area contributed by atoms with Crippen LogP contribution in [0, 0.1) is 11.7 Å². The zero-order chi connectivity index (χ0) is 28.6. The van der Waals surface area contributed by atoms with Gasteiger partial charge in [-0.25, -0.2) is 9.18 Å². The molecule has 1 aliphatic heterocycles. The van der Waals surface area contributed by atoms with E-state index in [1.54, 1.807) is 30.3 Å². The third kappa shape index (κ3) is 4.54. The molecule has 1 aliphatic carbocycles. The maximum absolute atomic E-state index is 15.3. The summed E-state index contributed by atoms with van der Waals surface area (Å²) < 4.78 is 25.5. The van der Waals surface area contributed by atoms with E-state index in [0.29, 0.717) is 16.3 Å². The summed E-state index contributed by atoms with van der Waals surface area (Å²) in [4.78, 5) is 42.4. The molecule has 1 heterocycles. The van der Waals surface area contributed by atoms with E-state index < -0.39 is 41.3 Å². The molecule has 5 rings (SSSR count). The van der Waals surface area contributed by atoms with Crippen molar-refractivity contribution in [1.82, 2.24) is 0 Å². The maximum Gasteiger partial charge on any atom is 0.338 e. The minimum Gasteiger partial charge on any atom is -0.468 e. The van der Waals surface area contributed by atoms with Gasteiger partial charge in [-0.05, 0) is 41.8 Å². The summed E-state index contributed by atoms with van der Waals surface area (Å²) in [5, 5.41) is 0.369. The summed E-state index contributed by atoms with van der Waals surface area (Å²) >= 11 is 6.32. The number of para-hydroxylation sites is 1. The molecule has 0 fully saturated rings. The van der Waals surface area contributed by atoms with E-state index in [4.69, 9.17) is 26.8 Å². The first kappa shape index (κ1) is 27.1. The number of carbonyl (C=O) groups is 3. The number of nitrogens with two attached hydrogens (primary N) is 1. The number of ketones is 1.